The van der Waals surface area contributed by atoms with Gasteiger partial charge in [0.2, 0.25) is 11.6 Å². The molecule has 15 heteroatoms. The fourth-order valence-corrected chi connectivity index (χ4v) is 8.42. The number of phenolic OH excluding ortho intramolecular Hbond substituents is 2. The van der Waals surface area contributed by atoms with Crippen LogP contribution < -0.4 is 10.5 Å². The van der Waals surface area contributed by atoms with Crippen molar-refractivity contribution < 1.29 is 63.8 Å². The van der Waals surface area contributed by atoms with E-state index in [0.29, 0.717) is 0 Å². The Morgan fingerprint density at radius 3 is 2.25 bits per heavy atom. The van der Waals surface area contributed by atoms with Gasteiger partial charge in [-0.15, -0.1) is 10.3 Å². The number of aromatic hydroxyl groups is 2. The monoisotopic (exact) mass is 725 g/mol. The summed E-state index contributed by atoms with van der Waals surface area (Å²) in [6.45, 7) is 7.56. The number of piperidine rings is 1. The minimum Gasteiger partial charge on any atom is -0.507 e. The summed E-state index contributed by atoms with van der Waals surface area (Å²) in [7, 11) is 1.32. The van der Waals surface area contributed by atoms with Crippen LogP contribution in [0.15, 0.2) is 18.2 Å². The highest BCUT2D eigenvalue weighted by molar-refractivity contribution is 6.31. The number of hydroxylamine groups is 2. The normalized spacial score (nSPS) is 29.8. The predicted molar refractivity (Wildman–Crippen MR) is 179 cm³/mol. The van der Waals surface area contributed by atoms with Gasteiger partial charge in [0.15, 0.2) is 18.7 Å². The van der Waals surface area contributed by atoms with E-state index in [-0.39, 0.29) is 47.3 Å². The van der Waals surface area contributed by atoms with Gasteiger partial charge in [0.05, 0.1) is 48.0 Å². The second-order valence-electron chi connectivity index (χ2n) is 15.6. The zero-order chi connectivity index (χ0) is 38.2. The van der Waals surface area contributed by atoms with Crippen LogP contribution in [0.25, 0.3) is 0 Å². The first-order valence-corrected chi connectivity index (χ1v) is 17.2. The quantitative estimate of drug-likeness (QED) is 0.174. The highest BCUT2D eigenvalue weighted by atomic mass is 16.7. The van der Waals surface area contributed by atoms with Crippen LogP contribution in [0.1, 0.15) is 109 Å². The fraction of sp³-hybridized carbons (Fsp3) is 0.568. The van der Waals surface area contributed by atoms with E-state index in [0.717, 1.165) is 5.06 Å². The number of carbonyl (C=O) groups excluding carboxylic acids is 4. The number of carbonyl (C=O) groups is 4. The molecule has 2 fully saturated rings. The summed E-state index contributed by atoms with van der Waals surface area (Å²) in [5, 5.41) is 59.6. The summed E-state index contributed by atoms with van der Waals surface area (Å²) < 4.78 is 22.8. The van der Waals surface area contributed by atoms with E-state index in [1.165, 1.54) is 25.3 Å². The Kier molecular flexibility index (Phi) is 9.56. The van der Waals surface area contributed by atoms with Gasteiger partial charge < -0.3 is 45.1 Å². The number of hydrogen-bond acceptors (Lipinski definition) is 14. The topological polar surface area (TPSA) is 235 Å². The largest absolute Gasteiger partial charge is 0.507 e. The average Bonchev–Trinajstić information content (AvgIpc) is 3.07. The van der Waals surface area contributed by atoms with Crippen molar-refractivity contribution in [3.05, 3.63) is 51.6 Å². The van der Waals surface area contributed by atoms with E-state index < -0.39 is 119 Å². The third-order valence-corrected chi connectivity index (χ3v) is 10.9. The SMILES string of the molecule is COc1cccc2c1C(=O)c1c(O)c3c(c(O)c1C2=O)C[C@@](O)(C(=O)COC(=O)C1CC(C)(C)N([O])C(C)(C)C1)C[C@@H]3OC1C[C@H](N)[C@@H](O)C(C)O1. The number of nitrogens with two attached hydrogens (primary N) is 1. The Balaban J connectivity index is 1.36. The molecular formula is C37H45N2O13. The number of Topliss-reactive ketones (excluding diaryl/α,β-unsaturated/α-hetero) is 1. The summed E-state index contributed by atoms with van der Waals surface area (Å²) >= 11 is 0. The Morgan fingerprint density at radius 2 is 1.63 bits per heavy atom. The number of fused-ring (bicyclic) bond motifs is 3. The van der Waals surface area contributed by atoms with Gasteiger partial charge in [0.1, 0.15) is 22.8 Å². The fourth-order valence-electron chi connectivity index (χ4n) is 8.42. The maximum absolute atomic E-state index is 13.9. The van der Waals surface area contributed by atoms with E-state index in [2.05, 4.69) is 0 Å². The third kappa shape index (κ3) is 6.17. The number of nitrogens with zero attached hydrogens (tertiary/aromatic N) is 1. The lowest BCUT2D eigenvalue weighted by Crippen LogP contribution is -2.59. The van der Waals surface area contributed by atoms with Gasteiger partial charge in [0.25, 0.3) is 0 Å². The van der Waals surface area contributed by atoms with E-state index in [4.69, 9.17) is 24.7 Å². The van der Waals surface area contributed by atoms with Crippen molar-refractivity contribution in [1.82, 2.24) is 5.06 Å². The number of ether oxygens (including phenoxy) is 4. The number of ketones is 3. The number of rotatable bonds is 7. The lowest BCUT2D eigenvalue weighted by molar-refractivity contribution is -0.293. The molecule has 0 saturated carbocycles. The van der Waals surface area contributed by atoms with Gasteiger partial charge in [-0.2, -0.15) is 0 Å². The molecule has 2 heterocycles. The van der Waals surface area contributed by atoms with E-state index in [9.17, 15) is 44.8 Å². The first kappa shape index (κ1) is 37.8. The summed E-state index contributed by atoms with van der Waals surface area (Å²) in [5.41, 5.74) is 0.359. The standard InChI is InChI=1S/C37H45N2O13/c1-16-29(41)20(38)10-24(51-16)52-22-14-37(47,23(40)15-50-34(46)17-11-35(2,3)39(48)36(4,5)12-17)13-19-26(22)33(45)28-27(31(19)43)30(42)18-8-7-9-21(49-6)25(18)32(28)44/h7-9,16-17,20,22,24,29,41,43,45,47H,10-15,38H2,1-6H3/t16?,20-,22-,24?,29-,37-/m0/s1. The minimum atomic E-state index is -2.38. The third-order valence-electron chi connectivity index (χ3n) is 10.9. The smallest absolute Gasteiger partial charge is 0.309 e. The predicted octanol–water partition coefficient (Wildman–Crippen LogP) is 2.17. The highest BCUT2D eigenvalue weighted by Gasteiger charge is 2.52. The number of aliphatic hydroxyl groups excluding tert-OH is 1. The molecule has 281 valence electrons. The molecule has 52 heavy (non-hydrogen) atoms. The van der Waals surface area contributed by atoms with Crippen molar-refractivity contribution >= 4 is 23.3 Å². The molecule has 4 aliphatic rings. The zero-order valence-electron chi connectivity index (χ0n) is 29.9. The van der Waals surface area contributed by atoms with Crippen LogP contribution in [-0.4, -0.2) is 104 Å². The molecule has 2 aliphatic heterocycles. The number of hydrogen-bond donors (Lipinski definition) is 5. The van der Waals surface area contributed by atoms with Gasteiger partial charge in [-0.05, 0) is 53.5 Å². The van der Waals surface area contributed by atoms with E-state index >= 15 is 0 Å². The molecule has 2 unspecified atom stereocenters. The second kappa shape index (κ2) is 13.2. The molecule has 0 spiro atoms. The van der Waals surface area contributed by atoms with Crippen molar-refractivity contribution in [3.63, 3.8) is 0 Å². The molecular weight excluding hydrogens is 680 g/mol. The van der Waals surface area contributed by atoms with E-state index in [1.807, 2.05) is 0 Å². The lowest BCUT2D eigenvalue weighted by Gasteiger charge is -2.49. The summed E-state index contributed by atoms with van der Waals surface area (Å²) in [4.78, 5) is 54.9. The first-order chi connectivity index (χ1) is 24.2. The molecule has 2 aromatic carbocycles. The van der Waals surface area contributed by atoms with Crippen molar-refractivity contribution in [2.24, 2.45) is 11.7 Å². The minimum absolute atomic E-state index is 0.0319. The Labute approximate surface area is 300 Å². The maximum Gasteiger partial charge on any atom is 0.309 e. The molecule has 6 N–H and O–H groups in total. The Morgan fingerprint density at radius 1 is 1.00 bits per heavy atom. The van der Waals surface area contributed by atoms with Gasteiger partial charge in [-0.3, -0.25) is 19.2 Å². The van der Waals surface area contributed by atoms with Crippen molar-refractivity contribution in [1.29, 1.82) is 0 Å². The highest BCUT2D eigenvalue weighted by Crippen LogP contribution is 2.52. The lowest BCUT2D eigenvalue weighted by atomic mass is 9.72. The van der Waals surface area contributed by atoms with Crippen LogP contribution in [0.5, 0.6) is 17.2 Å². The molecule has 15 nitrogen and oxygen atoms in total. The summed E-state index contributed by atoms with van der Waals surface area (Å²) in [6, 6.07) is 3.56. The van der Waals surface area contributed by atoms with Crippen molar-refractivity contribution in [3.8, 4) is 17.2 Å². The second-order valence-corrected chi connectivity index (χ2v) is 15.6. The molecule has 2 saturated heterocycles. The number of methoxy groups -OCH3 is 1. The first-order valence-electron chi connectivity index (χ1n) is 17.2. The molecule has 0 amide bonds. The average molecular weight is 726 g/mol. The number of esters is 1. The molecule has 2 aromatic rings. The van der Waals surface area contributed by atoms with Crippen LogP contribution in [-0.2, 0) is 35.4 Å². The van der Waals surface area contributed by atoms with E-state index in [1.54, 1.807) is 34.6 Å². The van der Waals surface area contributed by atoms with Crippen molar-refractivity contribution in [2.45, 2.75) is 114 Å². The molecule has 2 aliphatic carbocycles. The maximum atomic E-state index is 13.9. The van der Waals surface area contributed by atoms with Crippen LogP contribution in [0.2, 0.25) is 0 Å². The van der Waals surface area contributed by atoms with Gasteiger partial charge >= 0.3 is 5.97 Å². The van der Waals surface area contributed by atoms with Gasteiger partial charge in [-0.1, -0.05) is 12.1 Å². The van der Waals surface area contributed by atoms with Crippen LogP contribution in [0.3, 0.4) is 0 Å². The molecule has 0 aromatic heterocycles. The Hall–Kier alpha value is -3.96. The van der Waals surface area contributed by atoms with Crippen LogP contribution >= 0.6 is 0 Å². The number of aliphatic hydroxyl groups is 2. The summed E-state index contributed by atoms with van der Waals surface area (Å²) in [6.07, 6.45) is -5.24. The summed E-state index contributed by atoms with van der Waals surface area (Å²) in [5.74, 6) is -5.37. The molecule has 6 rings (SSSR count). The van der Waals surface area contributed by atoms with Crippen LogP contribution in [0.4, 0.5) is 0 Å². The Bertz CT molecular complexity index is 1810. The molecule has 6 atom stereocenters. The molecule has 0 bridgehead atoms. The van der Waals surface area contributed by atoms with Gasteiger partial charge in [-0.25, -0.2) is 0 Å². The zero-order valence-corrected chi connectivity index (χ0v) is 29.9. The van der Waals surface area contributed by atoms with Crippen molar-refractivity contribution in [2.75, 3.05) is 13.7 Å². The molecule has 1 radical (unpaired) electrons. The number of benzene rings is 2. The van der Waals surface area contributed by atoms with Gasteiger partial charge in [0, 0.05) is 53.1 Å². The number of phenols is 2. The van der Waals surface area contributed by atoms with Crippen LogP contribution in [0, 0.1) is 5.92 Å².